The van der Waals surface area contributed by atoms with Gasteiger partial charge >= 0.3 is 5.97 Å². The molecule has 0 amide bonds. The Morgan fingerprint density at radius 2 is 2.21 bits per heavy atom. The van der Waals surface area contributed by atoms with E-state index in [0.717, 1.165) is 0 Å². The fourth-order valence-electron chi connectivity index (χ4n) is 1.39. The molecule has 4 nitrogen and oxygen atoms in total. The first-order valence-corrected chi connectivity index (χ1v) is 4.19. The lowest BCUT2D eigenvalue weighted by Crippen LogP contribution is -2.09. The van der Waals surface area contributed by atoms with E-state index in [2.05, 4.69) is 5.48 Å². The molecule has 0 bridgehead atoms. The molecule has 2 rings (SSSR count). The molecular weight excluding hydrogens is 182 g/mol. The number of hydroxylamine groups is 1. The number of hydrogen-bond donors (Lipinski definition) is 2. The lowest BCUT2D eigenvalue weighted by Gasteiger charge is -2.10. The maximum Gasteiger partial charge on any atom is 0.336 e. The van der Waals surface area contributed by atoms with E-state index in [1.807, 2.05) is 0 Å². The van der Waals surface area contributed by atoms with Gasteiger partial charge in [-0.1, -0.05) is 18.2 Å². The van der Waals surface area contributed by atoms with Crippen molar-refractivity contribution in [1.82, 2.24) is 5.48 Å². The van der Waals surface area contributed by atoms with Crippen molar-refractivity contribution in [3.8, 4) is 0 Å². The standard InChI is InChI=1S/C10H9NO3/c12-10(13)8-4-2-1-3-7(8)9-5-6-11-14-9/h1-6,9,11H,(H,12,13). The van der Waals surface area contributed by atoms with E-state index in [1.165, 1.54) is 0 Å². The Morgan fingerprint density at radius 1 is 1.43 bits per heavy atom. The summed E-state index contributed by atoms with van der Waals surface area (Å²) in [6.07, 6.45) is 3.09. The predicted octanol–water partition coefficient (Wildman–Crippen LogP) is 1.47. The Balaban J connectivity index is 2.40. The van der Waals surface area contributed by atoms with Crippen LogP contribution in [0.25, 0.3) is 0 Å². The molecule has 1 unspecified atom stereocenters. The van der Waals surface area contributed by atoms with Crippen molar-refractivity contribution >= 4 is 5.97 Å². The minimum Gasteiger partial charge on any atom is -0.478 e. The molecule has 0 fully saturated rings. The van der Waals surface area contributed by atoms with Gasteiger partial charge in [0, 0.05) is 11.8 Å². The van der Waals surface area contributed by atoms with E-state index in [1.54, 1.807) is 36.5 Å². The lowest BCUT2D eigenvalue weighted by molar-refractivity contribution is 0.0449. The summed E-state index contributed by atoms with van der Waals surface area (Å²) in [4.78, 5) is 16.0. The van der Waals surface area contributed by atoms with Crippen molar-refractivity contribution in [2.24, 2.45) is 0 Å². The third-order valence-electron chi connectivity index (χ3n) is 2.03. The van der Waals surface area contributed by atoms with Gasteiger partial charge in [0.1, 0.15) is 6.10 Å². The Morgan fingerprint density at radius 3 is 2.86 bits per heavy atom. The van der Waals surface area contributed by atoms with Crippen LogP contribution in [0.15, 0.2) is 36.5 Å². The number of rotatable bonds is 2. The molecule has 0 saturated heterocycles. The van der Waals surface area contributed by atoms with Crippen molar-refractivity contribution in [3.05, 3.63) is 47.7 Å². The molecular formula is C10H9NO3. The van der Waals surface area contributed by atoms with Crippen LogP contribution in [0.4, 0.5) is 0 Å². The molecule has 0 aromatic heterocycles. The van der Waals surface area contributed by atoms with Gasteiger partial charge in [0.25, 0.3) is 0 Å². The van der Waals surface area contributed by atoms with Crippen molar-refractivity contribution in [2.45, 2.75) is 6.10 Å². The van der Waals surface area contributed by atoms with Gasteiger partial charge in [-0.25, -0.2) is 4.79 Å². The second-order valence-electron chi connectivity index (χ2n) is 2.91. The molecule has 0 radical (unpaired) electrons. The lowest BCUT2D eigenvalue weighted by atomic mass is 10.0. The Labute approximate surface area is 80.8 Å². The minimum atomic E-state index is -0.940. The summed E-state index contributed by atoms with van der Waals surface area (Å²) < 4.78 is 0. The highest BCUT2D eigenvalue weighted by Crippen LogP contribution is 2.24. The van der Waals surface area contributed by atoms with Crippen molar-refractivity contribution in [1.29, 1.82) is 0 Å². The zero-order valence-corrected chi connectivity index (χ0v) is 7.31. The zero-order valence-electron chi connectivity index (χ0n) is 7.31. The first kappa shape index (κ1) is 8.77. The van der Waals surface area contributed by atoms with Crippen LogP contribution < -0.4 is 5.48 Å². The normalized spacial score (nSPS) is 19.3. The van der Waals surface area contributed by atoms with E-state index in [0.29, 0.717) is 5.56 Å². The highest BCUT2D eigenvalue weighted by atomic mass is 16.7. The molecule has 1 heterocycles. The highest BCUT2D eigenvalue weighted by Gasteiger charge is 2.19. The van der Waals surface area contributed by atoms with Crippen LogP contribution in [-0.2, 0) is 4.84 Å². The molecule has 72 valence electrons. The van der Waals surface area contributed by atoms with Gasteiger partial charge in [0.05, 0.1) is 5.56 Å². The Kier molecular flexibility index (Phi) is 2.20. The largest absolute Gasteiger partial charge is 0.478 e. The summed E-state index contributed by atoms with van der Waals surface area (Å²) in [5.41, 5.74) is 3.49. The predicted molar refractivity (Wildman–Crippen MR) is 49.5 cm³/mol. The molecule has 0 aliphatic carbocycles. The Hall–Kier alpha value is -1.81. The molecule has 2 N–H and O–H groups in total. The van der Waals surface area contributed by atoms with Gasteiger partial charge < -0.3 is 5.11 Å². The van der Waals surface area contributed by atoms with Crippen LogP contribution in [0.3, 0.4) is 0 Å². The second-order valence-corrected chi connectivity index (χ2v) is 2.91. The molecule has 4 heteroatoms. The van der Waals surface area contributed by atoms with Gasteiger partial charge in [-0.15, -0.1) is 0 Å². The maximum atomic E-state index is 10.9. The maximum absolute atomic E-state index is 10.9. The summed E-state index contributed by atoms with van der Waals surface area (Å²) in [6, 6.07) is 6.79. The molecule has 0 saturated carbocycles. The number of carboxylic acid groups (broad SMARTS) is 1. The fraction of sp³-hybridized carbons (Fsp3) is 0.100. The summed E-state index contributed by atoms with van der Waals surface area (Å²) in [7, 11) is 0. The monoisotopic (exact) mass is 191 g/mol. The number of carbonyl (C=O) groups is 1. The average Bonchev–Trinajstić information content (AvgIpc) is 2.70. The molecule has 1 aromatic carbocycles. The molecule has 1 atom stereocenters. The van der Waals surface area contributed by atoms with E-state index < -0.39 is 5.97 Å². The van der Waals surface area contributed by atoms with Gasteiger partial charge in [0.15, 0.2) is 0 Å². The summed E-state index contributed by atoms with van der Waals surface area (Å²) >= 11 is 0. The fourth-order valence-corrected chi connectivity index (χ4v) is 1.39. The number of aromatic carboxylic acids is 1. The van der Waals surface area contributed by atoms with Gasteiger partial charge in [-0.05, 0) is 12.1 Å². The second kappa shape index (κ2) is 3.51. The third-order valence-corrected chi connectivity index (χ3v) is 2.03. The summed E-state index contributed by atoms with van der Waals surface area (Å²) in [5.74, 6) is -0.940. The van der Waals surface area contributed by atoms with Crippen LogP contribution in [0.5, 0.6) is 0 Å². The average molecular weight is 191 g/mol. The van der Waals surface area contributed by atoms with E-state index in [4.69, 9.17) is 9.94 Å². The van der Waals surface area contributed by atoms with Gasteiger partial charge in [0.2, 0.25) is 0 Å². The van der Waals surface area contributed by atoms with Crippen LogP contribution in [-0.4, -0.2) is 11.1 Å². The van der Waals surface area contributed by atoms with E-state index in [-0.39, 0.29) is 11.7 Å². The van der Waals surface area contributed by atoms with Crippen LogP contribution >= 0.6 is 0 Å². The Bertz CT molecular complexity index is 387. The van der Waals surface area contributed by atoms with Gasteiger partial charge in [-0.3, -0.25) is 10.3 Å². The van der Waals surface area contributed by atoms with Crippen molar-refractivity contribution in [2.75, 3.05) is 0 Å². The van der Waals surface area contributed by atoms with Crippen LogP contribution in [0, 0.1) is 0 Å². The first-order chi connectivity index (χ1) is 6.79. The van der Waals surface area contributed by atoms with Crippen molar-refractivity contribution < 1.29 is 14.7 Å². The molecule has 1 aromatic rings. The number of hydrogen-bond acceptors (Lipinski definition) is 3. The summed E-state index contributed by atoms with van der Waals surface area (Å²) in [6.45, 7) is 0. The van der Waals surface area contributed by atoms with Crippen LogP contribution in [0.2, 0.25) is 0 Å². The number of nitrogens with one attached hydrogen (secondary N) is 1. The molecule has 14 heavy (non-hydrogen) atoms. The van der Waals surface area contributed by atoms with E-state index >= 15 is 0 Å². The minimum absolute atomic E-state index is 0.269. The zero-order chi connectivity index (χ0) is 9.97. The highest BCUT2D eigenvalue weighted by molar-refractivity contribution is 5.89. The smallest absolute Gasteiger partial charge is 0.336 e. The third kappa shape index (κ3) is 1.47. The topological polar surface area (TPSA) is 58.6 Å². The molecule has 0 spiro atoms. The van der Waals surface area contributed by atoms with Crippen molar-refractivity contribution in [3.63, 3.8) is 0 Å². The molecule has 1 aliphatic heterocycles. The van der Waals surface area contributed by atoms with Gasteiger partial charge in [-0.2, -0.15) is 0 Å². The van der Waals surface area contributed by atoms with Crippen LogP contribution in [0.1, 0.15) is 22.0 Å². The number of benzene rings is 1. The molecule has 1 aliphatic rings. The summed E-state index contributed by atoms with van der Waals surface area (Å²) in [5, 5.41) is 8.93. The quantitative estimate of drug-likeness (QED) is 0.743. The SMILES string of the molecule is O=C(O)c1ccccc1C1C=CNO1. The number of carboxylic acids is 1. The van der Waals surface area contributed by atoms with E-state index in [9.17, 15) is 4.79 Å². The first-order valence-electron chi connectivity index (χ1n) is 4.19.